The number of hydrogen-bond acceptors (Lipinski definition) is 1. The van der Waals surface area contributed by atoms with Gasteiger partial charge >= 0.3 is 0 Å². The van der Waals surface area contributed by atoms with Crippen LogP contribution in [0.5, 0.6) is 0 Å². The van der Waals surface area contributed by atoms with Gasteiger partial charge in [0.15, 0.2) is 0 Å². The van der Waals surface area contributed by atoms with E-state index < -0.39 is 0 Å². The molecule has 1 saturated heterocycles. The van der Waals surface area contributed by atoms with Gasteiger partial charge in [-0.25, -0.2) is 0 Å². The molecule has 0 amide bonds. The zero-order valence-electron chi connectivity index (χ0n) is 11.2. The summed E-state index contributed by atoms with van der Waals surface area (Å²) in [4.78, 5) is 0. The third-order valence-electron chi connectivity index (χ3n) is 4.57. The van der Waals surface area contributed by atoms with Crippen LogP contribution in [0, 0.1) is 5.92 Å². The Morgan fingerprint density at radius 1 is 1.06 bits per heavy atom. The molecular weight excluding hydrogens is 206 g/mol. The van der Waals surface area contributed by atoms with E-state index in [1.807, 2.05) is 0 Å². The van der Waals surface area contributed by atoms with E-state index in [1.165, 1.54) is 24.9 Å². The van der Waals surface area contributed by atoms with Crippen molar-refractivity contribution >= 4 is 0 Å². The molecule has 3 atom stereocenters. The van der Waals surface area contributed by atoms with Gasteiger partial charge in [0.1, 0.15) is 0 Å². The molecule has 2 fully saturated rings. The first-order chi connectivity index (χ1) is 8.04. The molecular formula is C16H23N. The van der Waals surface area contributed by atoms with Gasteiger partial charge in [0.25, 0.3) is 0 Å². The predicted octanol–water partition coefficient (Wildman–Crippen LogP) is 3.45. The monoisotopic (exact) mass is 229 g/mol. The van der Waals surface area contributed by atoms with E-state index in [-0.39, 0.29) is 5.41 Å². The first-order valence-electron chi connectivity index (χ1n) is 6.88. The Labute approximate surface area is 105 Å². The molecule has 2 bridgehead atoms. The fourth-order valence-electron chi connectivity index (χ4n) is 3.47. The molecule has 1 aliphatic carbocycles. The van der Waals surface area contributed by atoms with Crippen LogP contribution in [0.3, 0.4) is 0 Å². The van der Waals surface area contributed by atoms with Gasteiger partial charge in [-0.05, 0) is 47.8 Å². The van der Waals surface area contributed by atoms with Crippen molar-refractivity contribution in [1.29, 1.82) is 0 Å². The zero-order chi connectivity index (χ0) is 12.0. The number of piperidine rings is 1. The quantitative estimate of drug-likeness (QED) is 0.777. The van der Waals surface area contributed by atoms with Crippen LogP contribution in [-0.2, 0) is 5.41 Å². The topological polar surface area (TPSA) is 12.0 Å². The van der Waals surface area contributed by atoms with Crippen molar-refractivity contribution in [3.63, 3.8) is 0 Å². The highest BCUT2D eigenvalue weighted by molar-refractivity contribution is 5.31. The maximum Gasteiger partial charge on any atom is 0.00764 e. The molecule has 1 aromatic rings. The van der Waals surface area contributed by atoms with E-state index in [4.69, 9.17) is 0 Å². The number of fused-ring (bicyclic) bond motifs is 2. The maximum absolute atomic E-state index is 3.59. The summed E-state index contributed by atoms with van der Waals surface area (Å²) in [6.45, 7) is 8.08. The fraction of sp³-hybridized carbons (Fsp3) is 0.625. The number of hydrogen-bond donors (Lipinski definition) is 1. The summed E-state index contributed by atoms with van der Waals surface area (Å²) in [6, 6.07) is 10.2. The SMILES string of the molecule is CC(C)(C)c1ccc([C@H]2C[C@H]3C[C@@H]2CN3)cc1. The summed E-state index contributed by atoms with van der Waals surface area (Å²) in [6.07, 6.45) is 2.74. The summed E-state index contributed by atoms with van der Waals surface area (Å²) in [5.74, 6) is 1.70. The minimum atomic E-state index is 0.273. The second kappa shape index (κ2) is 3.84. The van der Waals surface area contributed by atoms with Crippen molar-refractivity contribution < 1.29 is 0 Å². The highest BCUT2D eigenvalue weighted by Gasteiger charge is 2.39. The molecule has 0 spiro atoms. The van der Waals surface area contributed by atoms with Crippen molar-refractivity contribution in [2.75, 3.05) is 6.54 Å². The van der Waals surface area contributed by atoms with Gasteiger partial charge in [-0.15, -0.1) is 0 Å². The number of rotatable bonds is 1. The zero-order valence-corrected chi connectivity index (χ0v) is 11.2. The molecule has 17 heavy (non-hydrogen) atoms. The van der Waals surface area contributed by atoms with E-state index in [1.54, 1.807) is 5.56 Å². The molecule has 1 nitrogen and oxygen atoms in total. The Morgan fingerprint density at radius 2 is 1.76 bits per heavy atom. The normalized spacial score (nSPS) is 32.1. The van der Waals surface area contributed by atoms with E-state index in [2.05, 4.69) is 50.4 Å². The van der Waals surface area contributed by atoms with Crippen LogP contribution >= 0.6 is 0 Å². The smallest absolute Gasteiger partial charge is 0.00764 e. The molecule has 92 valence electrons. The fourth-order valence-corrected chi connectivity index (χ4v) is 3.47. The van der Waals surface area contributed by atoms with E-state index in [0.717, 1.165) is 17.9 Å². The van der Waals surface area contributed by atoms with Gasteiger partial charge < -0.3 is 5.32 Å². The summed E-state index contributed by atoms with van der Waals surface area (Å²) in [7, 11) is 0. The van der Waals surface area contributed by atoms with Gasteiger partial charge in [0.2, 0.25) is 0 Å². The molecule has 1 saturated carbocycles. The van der Waals surface area contributed by atoms with Crippen LogP contribution in [0.15, 0.2) is 24.3 Å². The largest absolute Gasteiger partial charge is 0.314 e. The van der Waals surface area contributed by atoms with Crippen molar-refractivity contribution in [2.24, 2.45) is 5.92 Å². The lowest BCUT2D eigenvalue weighted by molar-refractivity contribution is 0.441. The maximum atomic E-state index is 3.59. The lowest BCUT2D eigenvalue weighted by atomic mass is 9.83. The van der Waals surface area contributed by atoms with Crippen LogP contribution in [0.1, 0.15) is 50.7 Å². The van der Waals surface area contributed by atoms with Crippen LogP contribution in [0.4, 0.5) is 0 Å². The minimum Gasteiger partial charge on any atom is -0.314 e. The second-order valence-corrected chi connectivity index (χ2v) is 6.82. The third-order valence-corrected chi connectivity index (χ3v) is 4.57. The molecule has 0 aromatic heterocycles. The van der Waals surface area contributed by atoms with Gasteiger partial charge in [0, 0.05) is 6.04 Å². The number of benzene rings is 1. The standard InChI is InChI=1S/C16H23N/c1-16(2,3)13-6-4-11(5-7-13)15-9-14-8-12(15)10-17-14/h4-7,12,14-15,17H,8-10H2,1-3H3/t12-,14-,15-/m1/s1. The van der Waals surface area contributed by atoms with Gasteiger partial charge in [-0.3, -0.25) is 0 Å². The molecule has 0 radical (unpaired) electrons. The first-order valence-corrected chi connectivity index (χ1v) is 6.88. The van der Waals surface area contributed by atoms with Gasteiger partial charge in [-0.1, -0.05) is 45.0 Å². The van der Waals surface area contributed by atoms with Crippen molar-refractivity contribution in [2.45, 2.75) is 51.0 Å². The first kappa shape index (κ1) is 11.3. The molecule has 2 aliphatic rings. The second-order valence-electron chi connectivity index (χ2n) is 6.82. The van der Waals surface area contributed by atoms with Gasteiger partial charge in [-0.2, -0.15) is 0 Å². The molecule has 1 N–H and O–H groups in total. The Morgan fingerprint density at radius 3 is 2.24 bits per heavy atom. The average molecular weight is 229 g/mol. The molecule has 3 rings (SSSR count). The highest BCUT2D eigenvalue weighted by Crippen LogP contribution is 2.43. The lowest BCUT2D eigenvalue weighted by Gasteiger charge is -2.24. The predicted molar refractivity (Wildman–Crippen MR) is 72.4 cm³/mol. The van der Waals surface area contributed by atoms with Crippen molar-refractivity contribution in [1.82, 2.24) is 5.32 Å². The van der Waals surface area contributed by atoms with Crippen LogP contribution in [-0.4, -0.2) is 12.6 Å². The van der Waals surface area contributed by atoms with Crippen LogP contribution in [0.25, 0.3) is 0 Å². The van der Waals surface area contributed by atoms with Crippen molar-refractivity contribution in [3.8, 4) is 0 Å². The Kier molecular flexibility index (Phi) is 2.55. The van der Waals surface area contributed by atoms with Crippen molar-refractivity contribution in [3.05, 3.63) is 35.4 Å². The molecule has 1 heteroatoms. The third kappa shape index (κ3) is 2.01. The summed E-state index contributed by atoms with van der Waals surface area (Å²) in [5, 5.41) is 3.59. The van der Waals surface area contributed by atoms with E-state index >= 15 is 0 Å². The minimum absolute atomic E-state index is 0.273. The number of nitrogens with one attached hydrogen (secondary N) is 1. The average Bonchev–Trinajstić information content (AvgIpc) is 2.89. The Balaban J connectivity index is 1.81. The van der Waals surface area contributed by atoms with E-state index in [9.17, 15) is 0 Å². The summed E-state index contributed by atoms with van der Waals surface area (Å²) < 4.78 is 0. The van der Waals surface area contributed by atoms with E-state index in [0.29, 0.717) is 0 Å². The lowest BCUT2D eigenvalue weighted by Crippen LogP contribution is -2.28. The van der Waals surface area contributed by atoms with Gasteiger partial charge in [0.05, 0.1) is 0 Å². The Bertz CT molecular complexity index is 399. The molecule has 0 unspecified atom stereocenters. The molecule has 1 aromatic carbocycles. The summed E-state index contributed by atoms with van der Waals surface area (Å²) >= 11 is 0. The molecule has 1 aliphatic heterocycles. The summed E-state index contributed by atoms with van der Waals surface area (Å²) in [5.41, 5.74) is 3.28. The molecule has 1 heterocycles. The Hall–Kier alpha value is -0.820. The van der Waals surface area contributed by atoms with Crippen LogP contribution < -0.4 is 5.32 Å². The van der Waals surface area contributed by atoms with Crippen LogP contribution in [0.2, 0.25) is 0 Å². The highest BCUT2D eigenvalue weighted by atomic mass is 15.0.